The highest BCUT2D eigenvalue weighted by Crippen LogP contribution is 2.30. The third kappa shape index (κ3) is 4.70. The van der Waals surface area contributed by atoms with Gasteiger partial charge < -0.3 is 10.1 Å². The molecule has 0 fully saturated rings. The number of thiophene rings is 1. The van der Waals surface area contributed by atoms with Gasteiger partial charge in [-0.25, -0.2) is 0 Å². The number of aromatic nitrogens is 3. The number of benzene rings is 1. The summed E-state index contributed by atoms with van der Waals surface area (Å²) in [5, 5.41) is 11.8. The lowest BCUT2D eigenvalue weighted by Gasteiger charge is -2.23. The second-order valence-corrected chi connectivity index (χ2v) is 7.60. The van der Waals surface area contributed by atoms with E-state index in [4.69, 9.17) is 12.2 Å². The fraction of sp³-hybridized carbons (Fsp3) is 0.316. The Hall–Kier alpha value is -2.59. The number of amides is 1. The van der Waals surface area contributed by atoms with E-state index in [2.05, 4.69) is 20.3 Å². The molecule has 6 nitrogen and oxygen atoms in total. The first-order chi connectivity index (χ1) is 13.9. The summed E-state index contributed by atoms with van der Waals surface area (Å²) in [5.74, 6) is 0.308. The van der Waals surface area contributed by atoms with Crippen LogP contribution in [0.4, 0.5) is 8.78 Å². The average Bonchev–Trinajstić information content (AvgIpc) is 3.35. The molecule has 29 heavy (non-hydrogen) atoms. The predicted molar refractivity (Wildman–Crippen MR) is 110 cm³/mol. The van der Waals surface area contributed by atoms with Gasteiger partial charge in [0.05, 0.1) is 10.9 Å². The molecule has 1 aromatic carbocycles. The average molecular weight is 439 g/mol. The van der Waals surface area contributed by atoms with Gasteiger partial charge in [-0.2, -0.15) is 13.9 Å². The number of aromatic amines is 1. The predicted octanol–water partition coefficient (Wildman–Crippen LogP) is 5.10. The Bertz CT molecular complexity index is 1020. The van der Waals surface area contributed by atoms with Crippen LogP contribution in [0.25, 0.3) is 10.7 Å². The normalized spacial score (nSPS) is 13.3. The molecule has 0 radical (unpaired) electrons. The summed E-state index contributed by atoms with van der Waals surface area (Å²) in [7, 11) is 0. The lowest BCUT2D eigenvalue weighted by molar-refractivity contribution is -0.124. The molecule has 0 spiro atoms. The minimum absolute atomic E-state index is 0.0431. The lowest BCUT2D eigenvalue weighted by Crippen LogP contribution is -2.34. The summed E-state index contributed by atoms with van der Waals surface area (Å²) >= 11 is 6.80. The summed E-state index contributed by atoms with van der Waals surface area (Å²) in [4.78, 5) is 13.9. The third-order valence-electron chi connectivity index (χ3n) is 4.45. The molecule has 0 aliphatic rings. The van der Waals surface area contributed by atoms with E-state index in [0.29, 0.717) is 22.6 Å². The fourth-order valence-electron chi connectivity index (χ4n) is 3.02. The van der Waals surface area contributed by atoms with Crippen LogP contribution >= 0.6 is 23.6 Å². The zero-order chi connectivity index (χ0) is 21.0. The number of rotatable bonds is 8. The van der Waals surface area contributed by atoms with Crippen LogP contribution in [0.3, 0.4) is 0 Å². The van der Waals surface area contributed by atoms with Crippen LogP contribution < -0.4 is 10.1 Å². The summed E-state index contributed by atoms with van der Waals surface area (Å²) in [6.45, 7) is 0.627. The smallest absolute Gasteiger partial charge is 0.387 e. The number of alkyl halides is 2. The topological polar surface area (TPSA) is 71.9 Å². The van der Waals surface area contributed by atoms with E-state index in [1.807, 2.05) is 24.4 Å². The van der Waals surface area contributed by atoms with Crippen LogP contribution in [-0.4, -0.2) is 27.3 Å². The molecule has 2 atom stereocenters. The van der Waals surface area contributed by atoms with Crippen molar-refractivity contribution in [2.45, 2.75) is 39.0 Å². The highest BCUT2D eigenvalue weighted by molar-refractivity contribution is 7.71. The van der Waals surface area contributed by atoms with E-state index in [-0.39, 0.29) is 11.7 Å². The Morgan fingerprint density at radius 1 is 1.34 bits per heavy atom. The van der Waals surface area contributed by atoms with E-state index in [1.54, 1.807) is 29.7 Å². The Morgan fingerprint density at radius 2 is 2.10 bits per heavy atom. The second-order valence-electron chi connectivity index (χ2n) is 6.26. The highest BCUT2D eigenvalue weighted by Gasteiger charge is 2.25. The van der Waals surface area contributed by atoms with Crippen molar-refractivity contribution in [1.29, 1.82) is 0 Å². The molecule has 10 heteroatoms. The van der Waals surface area contributed by atoms with Crippen molar-refractivity contribution in [3.8, 4) is 16.5 Å². The number of para-hydroxylation sites is 1. The van der Waals surface area contributed by atoms with Crippen LogP contribution in [0.1, 0.15) is 37.9 Å². The second kappa shape index (κ2) is 9.27. The van der Waals surface area contributed by atoms with E-state index < -0.39 is 18.7 Å². The van der Waals surface area contributed by atoms with Crippen molar-refractivity contribution in [2.24, 2.45) is 0 Å². The maximum Gasteiger partial charge on any atom is 0.387 e. The van der Waals surface area contributed by atoms with Crippen molar-refractivity contribution in [2.75, 3.05) is 0 Å². The molecule has 1 amide bonds. The van der Waals surface area contributed by atoms with Gasteiger partial charge in [-0.3, -0.25) is 14.5 Å². The summed E-state index contributed by atoms with van der Waals surface area (Å²) < 4.78 is 32.0. The van der Waals surface area contributed by atoms with Crippen molar-refractivity contribution >= 4 is 29.5 Å². The Kier molecular flexibility index (Phi) is 6.75. The molecular formula is C19H20F2N4O2S2. The van der Waals surface area contributed by atoms with Crippen molar-refractivity contribution < 1.29 is 18.3 Å². The monoisotopic (exact) mass is 438 g/mol. The first kappa shape index (κ1) is 21.1. The Labute approximate surface area is 175 Å². The number of nitrogens with one attached hydrogen (secondary N) is 2. The summed E-state index contributed by atoms with van der Waals surface area (Å²) in [6, 6.07) is 9.08. The van der Waals surface area contributed by atoms with E-state index >= 15 is 0 Å². The van der Waals surface area contributed by atoms with Gasteiger partial charge in [0.15, 0.2) is 10.6 Å². The highest BCUT2D eigenvalue weighted by atomic mass is 32.1. The van der Waals surface area contributed by atoms with Crippen LogP contribution in [-0.2, 0) is 4.79 Å². The fourth-order valence-corrected chi connectivity index (χ4v) is 4.03. The molecule has 0 saturated heterocycles. The summed E-state index contributed by atoms with van der Waals surface area (Å²) in [6.07, 6.45) is 0.497. The molecule has 0 saturated carbocycles. The number of H-pyrrole nitrogens is 1. The van der Waals surface area contributed by atoms with Gasteiger partial charge in [0.25, 0.3) is 0 Å². The van der Waals surface area contributed by atoms with E-state index in [9.17, 15) is 13.6 Å². The summed E-state index contributed by atoms with van der Waals surface area (Å²) in [5.41, 5.74) is 0.491. The van der Waals surface area contributed by atoms with Crippen LogP contribution in [0.2, 0.25) is 0 Å². The SMILES string of the molecule is CCC(NC(=O)C(C)n1c(-c2cccs2)n[nH]c1=S)c1ccccc1OC(F)F. The van der Waals surface area contributed by atoms with Crippen molar-refractivity contribution in [3.63, 3.8) is 0 Å². The van der Waals surface area contributed by atoms with Crippen LogP contribution in [0.15, 0.2) is 41.8 Å². The molecule has 2 heterocycles. The quantitative estimate of drug-likeness (QED) is 0.480. The molecule has 2 aromatic heterocycles. The van der Waals surface area contributed by atoms with Gasteiger partial charge in [-0.05, 0) is 43.1 Å². The van der Waals surface area contributed by atoms with Gasteiger partial charge in [0, 0.05) is 5.56 Å². The maximum atomic E-state index is 13.0. The number of nitrogens with zero attached hydrogens (tertiary/aromatic N) is 2. The van der Waals surface area contributed by atoms with Gasteiger partial charge in [-0.15, -0.1) is 11.3 Å². The number of halogens is 2. The van der Waals surface area contributed by atoms with Crippen molar-refractivity contribution in [3.05, 3.63) is 52.1 Å². The van der Waals surface area contributed by atoms with Gasteiger partial charge in [-0.1, -0.05) is 31.2 Å². The minimum Gasteiger partial charge on any atom is -0.434 e. The number of hydrogen-bond donors (Lipinski definition) is 2. The largest absolute Gasteiger partial charge is 0.434 e. The van der Waals surface area contributed by atoms with E-state index in [1.165, 1.54) is 17.4 Å². The molecule has 0 bridgehead atoms. The first-order valence-corrected chi connectivity index (χ1v) is 10.3. The van der Waals surface area contributed by atoms with E-state index in [0.717, 1.165) is 4.88 Å². The molecule has 2 N–H and O–H groups in total. The van der Waals surface area contributed by atoms with Crippen LogP contribution in [0, 0.1) is 4.77 Å². The lowest BCUT2D eigenvalue weighted by atomic mass is 10.0. The zero-order valence-electron chi connectivity index (χ0n) is 15.8. The molecule has 3 rings (SSSR count). The molecule has 3 aromatic rings. The molecule has 0 aliphatic carbocycles. The number of hydrogen-bond acceptors (Lipinski definition) is 5. The minimum atomic E-state index is -2.94. The number of ether oxygens (including phenoxy) is 1. The standard InChI is InChI=1S/C19H20F2N4O2S2/c1-3-13(12-7-4-5-8-14(12)27-18(20)21)22-17(26)11(2)25-16(23-24-19(25)28)15-9-6-10-29-15/h4-11,13,18H,3H2,1-2H3,(H,22,26)(H,24,28). The van der Waals surface area contributed by atoms with Crippen molar-refractivity contribution in [1.82, 2.24) is 20.1 Å². The number of carbonyl (C=O) groups is 1. The molecule has 0 aliphatic heterocycles. The molecular weight excluding hydrogens is 418 g/mol. The molecule has 154 valence electrons. The van der Waals surface area contributed by atoms with Crippen LogP contribution in [0.5, 0.6) is 5.75 Å². The molecule has 2 unspecified atom stereocenters. The van der Waals surface area contributed by atoms with Gasteiger partial charge in [0.2, 0.25) is 5.91 Å². The Balaban J connectivity index is 1.85. The van der Waals surface area contributed by atoms with Gasteiger partial charge in [0.1, 0.15) is 11.8 Å². The number of carbonyl (C=O) groups excluding carboxylic acids is 1. The first-order valence-electron chi connectivity index (χ1n) is 8.97. The van der Waals surface area contributed by atoms with Gasteiger partial charge >= 0.3 is 6.61 Å². The Morgan fingerprint density at radius 3 is 2.76 bits per heavy atom. The zero-order valence-corrected chi connectivity index (χ0v) is 17.4. The maximum absolute atomic E-state index is 13.0. The third-order valence-corrected chi connectivity index (χ3v) is 5.60.